The molecule has 0 aromatic carbocycles. The number of hydrogen-bond donors (Lipinski definition) is 0. The highest BCUT2D eigenvalue weighted by atomic mass is 32.1. The molecule has 0 saturated carbocycles. The minimum Gasteiger partial charge on any atom is -0.167 e. The van der Waals surface area contributed by atoms with Crippen molar-refractivity contribution in [2.75, 3.05) is 0 Å². The van der Waals surface area contributed by atoms with Crippen molar-refractivity contribution >= 4 is 11.5 Å². The topological polar surface area (TPSA) is 60.4 Å². The van der Waals surface area contributed by atoms with Crippen LogP contribution in [-0.4, -0.2) is 24.7 Å². The first-order valence-electron chi connectivity index (χ1n) is 3.90. The largest absolute Gasteiger partial charge is 0.222 e. The van der Waals surface area contributed by atoms with Gasteiger partial charge in [-0.25, -0.2) is 0 Å². The Morgan fingerprint density at radius 1 is 1.62 bits per heavy atom. The summed E-state index contributed by atoms with van der Waals surface area (Å²) in [6.07, 6.45) is 1.92. The number of tetrazole rings is 1. The van der Waals surface area contributed by atoms with E-state index < -0.39 is 0 Å². The zero-order valence-electron chi connectivity index (χ0n) is 7.38. The molecule has 6 nitrogen and oxygen atoms in total. The molecule has 0 saturated heterocycles. The lowest BCUT2D eigenvalue weighted by atomic mass is 10.5. The van der Waals surface area contributed by atoms with Crippen LogP contribution in [0, 0.1) is 0 Å². The molecule has 7 heteroatoms. The van der Waals surface area contributed by atoms with Crippen molar-refractivity contribution in [2.24, 2.45) is 7.05 Å². The third-order valence-electron chi connectivity index (χ3n) is 1.56. The Balaban J connectivity index is 2.35. The number of rotatable bonds is 2. The molecule has 0 N–H and O–H groups in total. The van der Waals surface area contributed by atoms with E-state index in [1.807, 2.05) is 17.8 Å². The van der Waals surface area contributed by atoms with Gasteiger partial charge in [0.25, 0.3) is 0 Å². The second-order valence-electron chi connectivity index (χ2n) is 2.52. The Labute approximate surface area is 79.0 Å². The van der Waals surface area contributed by atoms with Crippen molar-refractivity contribution in [3.63, 3.8) is 0 Å². The summed E-state index contributed by atoms with van der Waals surface area (Å²) in [5.74, 6) is 0.632. The van der Waals surface area contributed by atoms with E-state index in [0.717, 1.165) is 11.4 Å². The summed E-state index contributed by atoms with van der Waals surface area (Å²) in [6.45, 7) is 2.89. The number of aryl methyl sites for hydroxylation is 2. The maximum absolute atomic E-state index is 4.16. The van der Waals surface area contributed by atoms with Crippen LogP contribution < -0.4 is 4.68 Å². The molecule has 2 aromatic heterocycles. The zero-order chi connectivity index (χ0) is 9.26. The van der Waals surface area contributed by atoms with Crippen molar-refractivity contribution in [1.29, 1.82) is 0 Å². The maximum Gasteiger partial charge on any atom is 0.222 e. The molecular formula is C6H9N6S+. The predicted molar refractivity (Wildman–Crippen MR) is 45.8 cm³/mol. The summed E-state index contributed by atoms with van der Waals surface area (Å²) < 4.78 is 6.01. The fourth-order valence-electron chi connectivity index (χ4n) is 0.909. The van der Waals surface area contributed by atoms with Gasteiger partial charge in [-0.3, -0.25) is 0 Å². The van der Waals surface area contributed by atoms with E-state index in [1.165, 1.54) is 16.3 Å². The minimum atomic E-state index is 0.632. The zero-order valence-corrected chi connectivity index (χ0v) is 8.19. The molecule has 0 aliphatic carbocycles. The molecule has 68 valence electrons. The van der Waals surface area contributed by atoms with Crippen LogP contribution in [0.1, 0.15) is 6.92 Å². The van der Waals surface area contributed by atoms with Crippen LogP contribution >= 0.6 is 11.5 Å². The molecule has 13 heavy (non-hydrogen) atoms. The van der Waals surface area contributed by atoms with Crippen molar-refractivity contribution in [3.8, 4) is 10.7 Å². The van der Waals surface area contributed by atoms with E-state index in [9.17, 15) is 0 Å². The summed E-state index contributed by atoms with van der Waals surface area (Å²) in [7, 11) is 1.74. The van der Waals surface area contributed by atoms with E-state index in [1.54, 1.807) is 7.05 Å². The fourth-order valence-corrected chi connectivity index (χ4v) is 1.60. The van der Waals surface area contributed by atoms with Crippen LogP contribution in [0.3, 0.4) is 0 Å². The monoisotopic (exact) mass is 197 g/mol. The molecule has 2 heterocycles. The Morgan fingerprint density at radius 2 is 2.46 bits per heavy atom. The number of nitrogens with zero attached hydrogens (tertiary/aromatic N) is 6. The summed E-state index contributed by atoms with van der Waals surface area (Å²) in [5, 5.41) is 11.7. The van der Waals surface area contributed by atoms with Gasteiger partial charge in [0.2, 0.25) is 12.0 Å². The second kappa shape index (κ2) is 3.17. The Morgan fingerprint density at radius 3 is 3.00 bits per heavy atom. The van der Waals surface area contributed by atoms with Crippen LogP contribution in [0.15, 0.2) is 6.20 Å². The molecule has 0 aliphatic heterocycles. The first-order valence-corrected chi connectivity index (χ1v) is 4.67. The summed E-state index contributed by atoms with van der Waals surface area (Å²) in [5.41, 5.74) is 0. The number of aromatic nitrogens is 6. The SMILES string of the molecule is CC[n+]1cc(-c2nnn(C)n2)sn1. The van der Waals surface area contributed by atoms with Gasteiger partial charge in [0.05, 0.1) is 11.5 Å². The van der Waals surface area contributed by atoms with Crippen LogP contribution in [0.4, 0.5) is 0 Å². The van der Waals surface area contributed by atoms with Crippen LogP contribution in [0.25, 0.3) is 10.7 Å². The molecule has 2 rings (SSSR count). The standard InChI is InChI=1S/C6H9N6S/c1-3-12-4-5(13-10-12)6-7-9-11(2)8-6/h4H,3H2,1-2H3/q+1. The van der Waals surface area contributed by atoms with Gasteiger partial charge in [0.15, 0.2) is 11.4 Å². The minimum absolute atomic E-state index is 0.632. The molecule has 0 bridgehead atoms. The lowest BCUT2D eigenvalue weighted by Crippen LogP contribution is -2.32. The highest BCUT2D eigenvalue weighted by Crippen LogP contribution is 2.13. The highest BCUT2D eigenvalue weighted by Gasteiger charge is 2.13. The third-order valence-corrected chi connectivity index (χ3v) is 2.34. The molecule has 0 fully saturated rings. The lowest BCUT2D eigenvalue weighted by molar-refractivity contribution is -0.743. The molecule has 2 aromatic rings. The van der Waals surface area contributed by atoms with Gasteiger partial charge in [-0.05, 0) is 12.1 Å². The first-order chi connectivity index (χ1) is 6.29. The van der Waals surface area contributed by atoms with Gasteiger partial charge in [-0.15, -0.1) is 10.2 Å². The van der Waals surface area contributed by atoms with Crippen LogP contribution in [-0.2, 0) is 13.6 Å². The van der Waals surface area contributed by atoms with Crippen molar-refractivity contribution in [1.82, 2.24) is 24.7 Å². The maximum atomic E-state index is 4.16. The van der Waals surface area contributed by atoms with E-state index in [4.69, 9.17) is 0 Å². The van der Waals surface area contributed by atoms with E-state index in [0.29, 0.717) is 5.82 Å². The van der Waals surface area contributed by atoms with E-state index in [2.05, 4.69) is 19.9 Å². The Hall–Kier alpha value is -1.37. The normalized spacial score (nSPS) is 10.6. The van der Waals surface area contributed by atoms with Crippen molar-refractivity contribution < 1.29 is 4.68 Å². The van der Waals surface area contributed by atoms with E-state index >= 15 is 0 Å². The van der Waals surface area contributed by atoms with E-state index in [-0.39, 0.29) is 0 Å². The van der Waals surface area contributed by atoms with Gasteiger partial charge in [-0.1, -0.05) is 4.68 Å². The summed E-state index contributed by atoms with van der Waals surface area (Å²) in [6, 6.07) is 0. The van der Waals surface area contributed by atoms with Crippen molar-refractivity contribution in [2.45, 2.75) is 13.5 Å². The molecular weight excluding hydrogens is 188 g/mol. The average Bonchev–Trinajstić information content (AvgIpc) is 2.71. The van der Waals surface area contributed by atoms with Gasteiger partial charge >= 0.3 is 0 Å². The first kappa shape index (κ1) is 8.24. The molecule has 0 radical (unpaired) electrons. The third kappa shape index (κ3) is 1.55. The van der Waals surface area contributed by atoms with Gasteiger partial charge in [0.1, 0.15) is 0 Å². The molecule has 0 spiro atoms. The van der Waals surface area contributed by atoms with Gasteiger partial charge < -0.3 is 0 Å². The van der Waals surface area contributed by atoms with Crippen LogP contribution in [0.2, 0.25) is 0 Å². The molecule has 0 atom stereocenters. The van der Waals surface area contributed by atoms with Crippen LogP contribution in [0.5, 0.6) is 0 Å². The second-order valence-corrected chi connectivity index (χ2v) is 3.31. The van der Waals surface area contributed by atoms with Gasteiger partial charge in [-0.2, -0.15) is 4.80 Å². The fraction of sp³-hybridized carbons (Fsp3) is 0.500. The molecule has 0 amide bonds. The molecule has 0 aliphatic rings. The summed E-state index contributed by atoms with van der Waals surface area (Å²) in [4.78, 5) is 2.38. The Bertz CT molecular complexity index is 405. The van der Waals surface area contributed by atoms with Gasteiger partial charge in [0, 0.05) is 11.5 Å². The smallest absolute Gasteiger partial charge is 0.167 e. The number of hydrogen-bond acceptors (Lipinski definition) is 5. The molecule has 0 unspecified atom stereocenters. The average molecular weight is 197 g/mol. The Kier molecular flexibility index (Phi) is 2.01. The predicted octanol–water partition coefficient (Wildman–Crippen LogP) is -0.359. The quantitative estimate of drug-likeness (QED) is 0.617. The lowest BCUT2D eigenvalue weighted by Gasteiger charge is -1.78. The van der Waals surface area contributed by atoms with Crippen molar-refractivity contribution in [3.05, 3.63) is 6.20 Å². The summed E-state index contributed by atoms with van der Waals surface area (Å²) >= 11 is 1.38. The highest BCUT2D eigenvalue weighted by molar-refractivity contribution is 7.08.